The molecule has 3 aliphatic rings. The fraction of sp³-hybridized carbons (Fsp3) is 1.00. The summed E-state index contributed by atoms with van der Waals surface area (Å²) in [6.07, 6.45) is 12.0. The minimum atomic E-state index is 0.702. The smallest absolute Gasteiger partial charge is 0.0780 e. The third-order valence-electron chi connectivity index (χ3n) is 4.99. The van der Waals surface area contributed by atoms with Gasteiger partial charge in [0.25, 0.3) is 0 Å². The molecule has 0 aliphatic carbocycles. The molecule has 0 spiro atoms. The highest BCUT2D eigenvalue weighted by Crippen LogP contribution is 2.24. The Hall–Kier alpha value is -0.120. The molecule has 2 atom stereocenters. The van der Waals surface area contributed by atoms with Crippen LogP contribution in [0.1, 0.15) is 51.4 Å². The normalized spacial score (nSPS) is 33.7. The standard InChI is InChI=1S/C15H29N3/c1-4-10-17(11-5-1)15(18-12-6-7-13-18)14-8-2-3-9-16-14/h14-16H,1-13H2. The van der Waals surface area contributed by atoms with E-state index in [1.54, 1.807) is 0 Å². The van der Waals surface area contributed by atoms with E-state index in [0.717, 1.165) is 6.04 Å². The van der Waals surface area contributed by atoms with E-state index >= 15 is 0 Å². The number of hydrogen-bond donors (Lipinski definition) is 1. The molecule has 0 aromatic rings. The molecule has 3 heteroatoms. The van der Waals surface area contributed by atoms with Crippen LogP contribution in [0.5, 0.6) is 0 Å². The summed E-state index contributed by atoms with van der Waals surface area (Å²) in [5.41, 5.74) is 0. The molecule has 18 heavy (non-hydrogen) atoms. The minimum absolute atomic E-state index is 0.702. The molecule has 1 N–H and O–H groups in total. The molecule has 3 saturated heterocycles. The van der Waals surface area contributed by atoms with E-state index in [4.69, 9.17) is 0 Å². The third kappa shape index (κ3) is 2.89. The van der Waals surface area contributed by atoms with Crippen LogP contribution in [0.25, 0.3) is 0 Å². The van der Waals surface area contributed by atoms with Gasteiger partial charge >= 0.3 is 0 Å². The van der Waals surface area contributed by atoms with Crippen molar-refractivity contribution in [2.75, 3.05) is 32.7 Å². The van der Waals surface area contributed by atoms with E-state index in [9.17, 15) is 0 Å². The fourth-order valence-electron chi connectivity index (χ4n) is 4.06. The Morgan fingerprint density at radius 2 is 1.33 bits per heavy atom. The Bertz CT molecular complexity index is 220. The second-order valence-electron chi connectivity index (χ2n) is 6.31. The molecular weight excluding hydrogens is 222 g/mol. The monoisotopic (exact) mass is 251 g/mol. The van der Waals surface area contributed by atoms with Gasteiger partial charge in [-0.2, -0.15) is 0 Å². The highest BCUT2D eigenvalue weighted by atomic mass is 15.4. The van der Waals surface area contributed by atoms with Crippen LogP contribution < -0.4 is 5.32 Å². The molecule has 0 amide bonds. The molecule has 3 aliphatic heterocycles. The quantitative estimate of drug-likeness (QED) is 0.828. The first-order valence-electron chi connectivity index (χ1n) is 8.17. The van der Waals surface area contributed by atoms with Crippen LogP contribution in [-0.2, 0) is 0 Å². The van der Waals surface area contributed by atoms with Crippen molar-refractivity contribution in [1.29, 1.82) is 0 Å². The second-order valence-corrected chi connectivity index (χ2v) is 6.31. The summed E-state index contributed by atoms with van der Waals surface area (Å²) in [6.45, 7) is 6.57. The largest absolute Gasteiger partial charge is 0.311 e. The molecule has 0 aromatic carbocycles. The summed E-state index contributed by atoms with van der Waals surface area (Å²) < 4.78 is 0. The van der Waals surface area contributed by atoms with Crippen LogP contribution in [0.4, 0.5) is 0 Å². The zero-order valence-electron chi connectivity index (χ0n) is 11.7. The van der Waals surface area contributed by atoms with Gasteiger partial charge in [0.1, 0.15) is 0 Å². The third-order valence-corrected chi connectivity index (χ3v) is 4.99. The van der Waals surface area contributed by atoms with Crippen LogP contribution in [0.15, 0.2) is 0 Å². The van der Waals surface area contributed by atoms with Gasteiger partial charge in [-0.25, -0.2) is 0 Å². The van der Waals surface area contributed by atoms with Crippen molar-refractivity contribution >= 4 is 0 Å². The van der Waals surface area contributed by atoms with Gasteiger partial charge in [0.15, 0.2) is 0 Å². The maximum Gasteiger partial charge on any atom is 0.0780 e. The molecule has 0 radical (unpaired) electrons. The summed E-state index contributed by atoms with van der Waals surface area (Å²) in [4.78, 5) is 5.56. The number of rotatable bonds is 3. The summed E-state index contributed by atoms with van der Waals surface area (Å²) in [5, 5.41) is 3.81. The van der Waals surface area contributed by atoms with E-state index in [-0.39, 0.29) is 0 Å². The van der Waals surface area contributed by atoms with E-state index < -0.39 is 0 Å². The Labute approximate surface area is 112 Å². The molecule has 3 fully saturated rings. The minimum Gasteiger partial charge on any atom is -0.311 e. The Balaban J connectivity index is 1.68. The van der Waals surface area contributed by atoms with Gasteiger partial charge in [-0.3, -0.25) is 9.80 Å². The van der Waals surface area contributed by atoms with E-state index in [0.29, 0.717) is 6.17 Å². The lowest BCUT2D eigenvalue weighted by atomic mass is 9.99. The number of nitrogens with zero attached hydrogens (tertiary/aromatic N) is 2. The van der Waals surface area contributed by atoms with Crippen LogP contribution in [0, 0.1) is 0 Å². The molecule has 0 saturated carbocycles. The van der Waals surface area contributed by atoms with E-state index in [1.165, 1.54) is 84.1 Å². The molecule has 3 nitrogen and oxygen atoms in total. The van der Waals surface area contributed by atoms with Crippen molar-refractivity contribution in [3.63, 3.8) is 0 Å². The summed E-state index contributed by atoms with van der Waals surface area (Å²) in [5.74, 6) is 0. The number of nitrogens with one attached hydrogen (secondary N) is 1. The molecule has 0 bridgehead atoms. The SMILES string of the molecule is C1CCN(C(C2CCCCN2)N2CCCC2)CC1. The lowest BCUT2D eigenvalue weighted by Gasteiger charge is -2.45. The average Bonchev–Trinajstić information content (AvgIpc) is 2.95. The molecule has 104 valence electrons. The van der Waals surface area contributed by atoms with Crippen molar-refractivity contribution in [2.24, 2.45) is 0 Å². The average molecular weight is 251 g/mol. The van der Waals surface area contributed by atoms with Gasteiger partial charge in [-0.1, -0.05) is 12.8 Å². The first-order valence-corrected chi connectivity index (χ1v) is 8.17. The van der Waals surface area contributed by atoms with E-state index in [1.807, 2.05) is 0 Å². The molecule has 0 aromatic heterocycles. The molecule has 3 heterocycles. The van der Waals surface area contributed by atoms with Gasteiger partial charge in [-0.05, 0) is 71.2 Å². The lowest BCUT2D eigenvalue weighted by molar-refractivity contribution is 0.0102. The van der Waals surface area contributed by atoms with Gasteiger partial charge in [0, 0.05) is 6.04 Å². The Morgan fingerprint density at radius 3 is 1.89 bits per heavy atom. The highest BCUT2D eigenvalue weighted by molar-refractivity contribution is 4.89. The second kappa shape index (κ2) is 6.36. The van der Waals surface area contributed by atoms with Crippen molar-refractivity contribution < 1.29 is 0 Å². The van der Waals surface area contributed by atoms with Gasteiger partial charge < -0.3 is 5.32 Å². The van der Waals surface area contributed by atoms with Crippen LogP contribution in [-0.4, -0.2) is 54.7 Å². The van der Waals surface area contributed by atoms with E-state index in [2.05, 4.69) is 15.1 Å². The predicted octanol–water partition coefficient (Wildman–Crippen LogP) is 2.04. The van der Waals surface area contributed by atoms with Gasteiger partial charge in [0.2, 0.25) is 0 Å². The van der Waals surface area contributed by atoms with Crippen LogP contribution in [0.2, 0.25) is 0 Å². The number of piperidine rings is 2. The molecule has 2 unspecified atom stereocenters. The fourth-order valence-corrected chi connectivity index (χ4v) is 4.06. The van der Waals surface area contributed by atoms with Crippen LogP contribution in [0.3, 0.4) is 0 Å². The summed E-state index contributed by atoms with van der Waals surface area (Å²) in [7, 11) is 0. The van der Waals surface area contributed by atoms with Crippen LogP contribution >= 0.6 is 0 Å². The van der Waals surface area contributed by atoms with Crippen molar-refractivity contribution in [3.8, 4) is 0 Å². The zero-order valence-corrected chi connectivity index (χ0v) is 11.7. The maximum absolute atomic E-state index is 3.81. The number of likely N-dealkylation sites (tertiary alicyclic amines) is 2. The highest BCUT2D eigenvalue weighted by Gasteiger charge is 2.34. The Kier molecular flexibility index (Phi) is 4.55. The maximum atomic E-state index is 3.81. The topological polar surface area (TPSA) is 18.5 Å². The Morgan fingerprint density at radius 1 is 0.722 bits per heavy atom. The molecular formula is C15H29N3. The van der Waals surface area contributed by atoms with Gasteiger partial charge in [0.05, 0.1) is 6.17 Å². The van der Waals surface area contributed by atoms with Crippen molar-refractivity contribution in [2.45, 2.75) is 63.6 Å². The first-order chi connectivity index (χ1) is 8.95. The summed E-state index contributed by atoms with van der Waals surface area (Å²) in [6, 6.07) is 0.731. The molecule has 3 rings (SSSR count). The predicted molar refractivity (Wildman–Crippen MR) is 75.7 cm³/mol. The lowest BCUT2D eigenvalue weighted by Crippen LogP contribution is -2.60. The van der Waals surface area contributed by atoms with Gasteiger partial charge in [-0.15, -0.1) is 0 Å². The zero-order chi connectivity index (χ0) is 12.2. The summed E-state index contributed by atoms with van der Waals surface area (Å²) >= 11 is 0. The van der Waals surface area contributed by atoms with Crippen molar-refractivity contribution in [1.82, 2.24) is 15.1 Å². The first kappa shape index (κ1) is 12.9. The number of hydrogen-bond acceptors (Lipinski definition) is 3. The van der Waals surface area contributed by atoms with Crippen molar-refractivity contribution in [3.05, 3.63) is 0 Å².